The predicted octanol–water partition coefficient (Wildman–Crippen LogP) is 3.99. The zero-order valence-electron chi connectivity index (χ0n) is 16.4. The number of aliphatic imine (C=N–C) groups is 1. The van der Waals surface area contributed by atoms with Crippen LogP contribution in [-0.4, -0.2) is 33.4 Å². The topological polar surface area (TPSA) is 60.0 Å². The average Bonchev–Trinajstić information content (AvgIpc) is 3.05. The van der Waals surface area contributed by atoms with Crippen LogP contribution in [0.3, 0.4) is 0 Å². The molecule has 0 radical (unpaired) electrons. The van der Waals surface area contributed by atoms with Gasteiger partial charge in [0.2, 0.25) is 6.20 Å². The van der Waals surface area contributed by atoms with Gasteiger partial charge in [-0.2, -0.15) is 4.99 Å². The molecule has 142 valence electrons. The summed E-state index contributed by atoms with van der Waals surface area (Å²) in [4.78, 5) is 4.93. The van der Waals surface area contributed by atoms with Gasteiger partial charge in [0.25, 0.3) is 0 Å². The van der Waals surface area contributed by atoms with E-state index >= 15 is 0 Å². The maximum absolute atomic E-state index is 10.2. The van der Waals surface area contributed by atoms with E-state index < -0.39 is 5.60 Å². The Balaban J connectivity index is 1.43. The molecule has 0 saturated heterocycles. The summed E-state index contributed by atoms with van der Waals surface area (Å²) in [6.07, 6.45) is 10.1. The van der Waals surface area contributed by atoms with Gasteiger partial charge in [-0.1, -0.05) is 34.5 Å². The van der Waals surface area contributed by atoms with E-state index in [-0.39, 0.29) is 6.17 Å². The maximum atomic E-state index is 10.2. The van der Waals surface area contributed by atoms with Crippen molar-refractivity contribution in [2.75, 3.05) is 0 Å². The molecule has 27 heavy (non-hydrogen) atoms. The number of nitrogens with zero attached hydrogens (tertiary/aromatic N) is 3. The summed E-state index contributed by atoms with van der Waals surface area (Å²) < 4.78 is 1.91. The number of fused-ring (bicyclic) bond motifs is 1. The molecule has 3 aliphatic rings. The molecule has 1 saturated carbocycles. The van der Waals surface area contributed by atoms with E-state index in [1.165, 1.54) is 11.1 Å². The lowest BCUT2D eigenvalue weighted by atomic mass is 9.77. The molecular weight excluding hydrogens is 336 g/mol. The second kappa shape index (κ2) is 7.04. The largest absolute Gasteiger partial charge is 0.390 e. The number of rotatable bonds is 3. The van der Waals surface area contributed by atoms with Crippen molar-refractivity contribution in [1.29, 1.82) is 0 Å². The lowest BCUT2D eigenvalue weighted by Gasteiger charge is -2.36. The molecule has 0 bridgehead atoms. The summed E-state index contributed by atoms with van der Waals surface area (Å²) in [5.74, 6) is 1.32. The van der Waals surface area contributed by atoms with E-state index in [1.807, 2.05) is 37.0 Å². The van der Waals surface area contributed by atoms with Crippen molar-refractivity contribution in [1.82, 2.24) is 5.32 Å². The fourth-order valence-corrected chi connectivity index (χ4v) is 4.26. The molecule has 4 rings (SSSR count). The highest BCUT2D eigenvalue weighted by Crippen LogP contribution is 2.33. The molecule has 1 aliphatic carbocycles. The first-order valence-electron chi connectivity index (χ1n) is 9.91. The molecule has 1 aromatic rings. The molecule has 1 fully saturated rings. The van der Waals surface area contributed by atoms with Crippen LogP contribution in [0.4, 0.5) is 0 Å². The molecule has 5 nitrogen and oxygen atoms in total. The van der Waals surface area contributed by atoms with E-state index in [4.69, 9.17) is 4.99 Å². The quantitative estimate of drug-likeness (QED) is 0.796. The summed E-state index contributed by atoms with van der Waals surface area (Å²) in [5, 5.41) is 18.3. The average molecular weight is 366 g/mol. The number of aliphatic hydroxyl groups is 1. The fraction of sp³-hybridized carbons (Fsp3) is 0.500. The van der Waals surface area contributed by atoms with Crippen LogP contribution in [0, 0.1) is 12.8 Å². The first-order valence-corrected chi connectivity index (χ1v) is 9.91. The molecule has 1 aromatic carbocycles. The summed E-state index contributed by atoms with van der Waals surface area (Å²) in [6, 6.07) is 8.91. The van der Waals surface area contributed by atoms with Crippen molar-refractivity contribution in [3.63, 3.8) is 0 Å². The number of amidine groups is 1. The Bertz CT molecular complexity index is 836. The molecule has 1 unspecified atom stereocenters. The van der Waals surface area contributed by atoms with Crippen LogP contribution in [0.5, 0.6) is 0 Å². The van der Waals surface area contributed by atoms with Gasteiger partial charge >= 0.3 is 6.17 Å². The van der Waals surface area contributed by atoms with Gasteiger partial charge in [0, 0.05) is 12.1 Å². The van der Waals surface area contributed by atoms with Crippen LogP contribution in [0.25, 0.3) is 5.57 Å². The Morgan fingerprint density at radius 1 is 1.19 bits per heavy atom. The maximum Gasteiger partial charge on any atom is 0.306 e. The number of aryl methyl sites for hydroxylation is 1. The minimum Gasteiger partial charge on any atom is -0.390 e. The van der Waals surface area contributed by atoms with E-state index in [9.17, 15) is 5.11 Å². The lowest BCUT2D eigenvalue weighted by molar-refractivity contribution is -0.542. The Hall–Kier alpha value is -2.27. The molecule has 2 aliphatic heterocycles. The SMILES string of the molecule is Cc1cccc(C2=CN=[N+]3C=CC(NC4CCC(C(C)(C)O)CC4)=NC23)c1. The molecule has 5 heteroatoms. The highest BCUT2D eigenvalue weighted by molar-refractivity contribution is 5.94. The fourth-order valence-electron chi connectivity index (χ4n) is 4.26. The first-order chi connectivity index (χ1) is 12.9. The van der Waals surface area contributed by atoms with E-state index in [1.54, 1.807) is 0 Å². The van der Waals surface area contributed by atoms with Crippen molar-refractivity contribution < 1.29 is 9.80 Å². The standard InChI is InChI=1S/C22H29N4O/c1-15-5-4-6-16(13-15)19-14-23-26-12-11-20(25-21(19)26)24-18-9-7-17(8-10-18)22(2,3)27/h4-6,11-14,17-18,21,27H,7-10H2,1-3H3,(H,24,25)/q+1. The van der Waals surface area contributed by atoms with Crippen LogP contribution < -0.4 is 5.32 Å². The second-order valence-corrected chi connectivity index (χ2v) is 8.50. The van der Waals surface area contributed by atoms with Gasteiger partial charge in [-0.3, -0.25) is 0 Å². The Kier molecular flexibility index (Phi) is 4.72. The normalized spacial score (nSPS) is 27.6. The van der Waals surface area contributed by atoms with E-state index in [2.05, 4.69) is 41.6 Å². The lowest BCUT2D eigenvalue weighted by Crippen LogP contribution is -2.42. The summed E-state index contributed by atoms with van der Waals surface area (Å²) in [6.45, 7) is 5.96. The van der Waals surface area contributed by atoms with Gasteiger partial charge in [0.15, 0.2) is 0 Å². The number of benzene rings is 1. The Labute approximate surface area is 161 Å². The third-order valence-electron chi connectivity index (χ3n) is 5.94. The number of hydrogen-bond donors (Lipinski definition) is 2. The van der Waals surface area contributed by atoms with Crippen LogP contribution in [-0.2, 0) is 0 Å². The predicted molar refractivity (Wildman–Crippen MR) is 107 cm³/mol. The first kappa shape index (κ1) is 18.1. The van der Waals surface area contributed by atoms with Crippen LogP contribution in [0.1, 0.15) is 50.7 Å². The smallest absolute Gasteiger partial charge is 0.306 e. The van der Waals surface area contributed by atoms with Gasteiger partial charge < -0.3 is 10.4 Å². The zero-order valence-corrected chi connectivity index (χ0v) is 16.4. The van der Waals surface area contributed by atoms with Gasteiger partial charge in [0.1, 0.15) is 12.0 Å². The minimum atomic E-state index is -0.577. The summed E-state index contributed by atoms with van der Waals surface area (Å²) >= 11 is 0. The molecule has 0 aromatic heterocycles. The van der Waals surface area contributed by atoms with Gasteiger partial charge in [-0.15, -0.1) is 0 Å². The van der Waals surface area contributed by atoms with E-state index in [0.29, 0.717) is 12.0 Å². The number of hydrogen-bond acceptors (Lipinski definition) is 4. The van der Waals surface area contributed by atoms with Gasteiger partial charge in [0.05, 0.1) is 11.2 Å². The van der Waals surface area contributed by atoms with E-state index in [0.717, 1.165) is 37.1 Å². The van der Waals surface area contributed by atoms with Crippen LogP contribution in [0.15, 0.2) is 52.8 Å². The molecular formula is C22H29N4O+. The zero-order chi connectivity index (χ0) is 19.0. The van der Waals surface area contributed by atoms with Gasteiger partial charge in [-0.05, 0) is 63.1 Å². The summed E-state index contributed by atoms with van der Waals surface area (Å²) in [5.41, 5.74) is 2.97. The molecule has 0 amide bonds. The van der Waals surface area contributed by atoms with Crippen molar-refractivity contribution in [3.05, 3.63) is 53.9 Å². The monoisotopic (exact) mass is 365 g/mol. The molecule has 2 heterocycles. The Morgan fingerprint density at radius 3 is 2.67 bits per heavy atom. The highest BCUT2D eigenvalue weighted by atomic mass is 16.3. The number of nitrogens with one attached hydrogen (secondary N) is 1. The minimum absolute atomic E-state index is 0.0907. The highest BCUT2D eigenvalue weighted by Gasteiger charge is 2.35. The second-order valence-electron chi connectivity index (χ2n) is 8.50. The molecule has 0 spiro atoms. The van der Waals surface area contributed by atoms with Crippen molar-refractivity contribution in [2.24, 2.45) is 16.0 Å². The number of azo groups is 2. The van der Waals surface area contributed by atoms with Crippen molar-refractivity contribution >= 4 is 11.4 Å². The third kappa shape index (κ3) is 3.88. The Morgan fingerprint density at radius 2 is 1.96 bits per heavy atom. The van der Waals surface area contributed by atoms with Gasteiger partial charge in [-0.25, -0.2) is 0 Å². The van der Waals surface area contributed by atoms with Crippen LogP contribution in [0.2, 0.25) is 0 Å². The van der Waals surface area contributed by atoms with Crippen LogP contribution >= 0.6 is 0 Å². The van der Waals surface area contributed by atoms with Crippen molar-refractivity contribution in [3.8, 4) is 0 Å². The molecule has 2 N–H and O–H groups in total. The third-order valence-corrected chi connectivity index (χ3v) is 5.94. The van der Waals surface area contributed by atoms with Crippen molar-refractivity contribution in [2.45, 2.75) is 64.3 Å². The summed E-state index contributed by atoms with van der Waals surface area (Å²) in [7, 11) is 0. The molecule has 1 atom stereocenters.